The van der Waals surface area contributed by atoms with E-state index in [0.717, 1.165) is 18.4 Å². The number of hydrogen-bond acceptors (Lipinski definition) is 4. The molecule has 0 saturated carbocycles. The molecule has 3 N–H and O–H groups in total. The number of carbonyl (C=O) groups excluding carboxylic acids is 3. The number of nitrogens with zero attached hydrogens (tertiary/aromatic N) is 1. The molecule has 8 nitrogen and oxygen atoms in total. The topological polar surface area (TPSA) is 99.8 Å². The zero-order chi connectivity index (χ0) is 22.3. The summed E-state index contributed by atoms with van der Waals surface area (Å²) >= 11 is 0. The van der Waals surface area contributed by atoms with Gasteiger partial charge in [-0.25, -0.2) is 9.59 Å². The highest BCUT2D eigenvalue weighted by atomic mass is 16.6. The van der Waals surface area contributed by atoms with Gasteiger partial charge in [-0.3, -0.25) is 9.69 Å². The largest absolute Gasteiger partial charge is 0.444 e. The molecule has 1 heterocycles. The fraction of sp³-hybridized carbons (Fsp3) is 0.591. The average Bonchev–Trinajstić information content (AvgIpc) is 2.65. The van der Waals surface area contributed by atoms with Crippen molar-refractivity contribution in [1.29, 1.82) is 0 Å². The van der Waals surface area contributed by atoms with E-state index in [9.17, 15) is 14.4 Å². The van der Waals surface area contributed by atoms with Crippen molar-refractivity contribution in [2.45, 2.75) is 78.1 Å². The maximum atomic E-state index is 12.7. The van der Waals surface area contributed by atoms with Gasteiger partial charge in [0, 0.05) is 24.8 Å². The summed E-state index contributed by atoms with van der Waals surface area (Å²) in [5.74, 6) is -0.181. The van der Waals surface area contributed by atoms with Crippen LogP contribution >= 0.6 is 0 Å². The van der Waals surface area contributed by atoms with Crippen LogP contribution in [0, 0.1) is 0 Å². The Labute approximate surface area is 178 Å². The standard InChI is InChI=1S/C22H34N4O4/c1-15(2)24-20(28)25-17-11-9-16(10-12-17)14-23-19(27)18-8-6-7-13-26(18)21(29)30-22(3,4)5/h9-12,15,18H,6-8,13-14H2,1-5H3,(H,23,27)(H2,24,25,28). The van der Waals surface area contributed by atoms with Gasteiger partial charge in [-0.15, -0.1) is 0 Å². The summed E-state index contributed by atoms with van der Waals surface area (Å²) in [5, 5.41) is 8.43. The van der Waals surface area contributed by atoms with Crippen LogP contribution in [0.3, 0.4) is 0 Å². The minimum atomic E-state index is -0.600. The maximum absolute atomic E-state index is 12.7. The van der Waals surface area contributed by atoms with Gasteiger partial charge in [0.25, 0.3) is 0 Å². The number of carbonyl (C=O) groups is 3. The predicted octanol–water partition coefficient (Wildman–Crippen LogP) is 3.62. The van der Waals surface area contributed by atoms with Crippen LogP contribution < -0.4 is 16.0 Å². The van der Waals surface area contributed by atoms with E-state index < -0.39 is 17.7 Å². The van der Waals surface area contributed by atoms with Crippen molar-refractivity contribution in [2.24, 2.45) is 0 Å². The van der Waals surface area contributed by atoms with E-state index >= 15 is 0 Å². The number of benzene rings is 1. The zero-order valence-electron chi connectivity index (χ0n) is 18.6. The van der Waals surface area contributed by atoms with E-state index in [0.29, 0.717) is 25.2 Å². The number of piperidine rings is 1. The number of rotatable bonds is 5. The molecule has 2 rings (SSSR count). The summed E-state index contributed by atoms with van der Waals surface area (Å²) in [7, 11) is 0. The highest BCUT2D eigenvalue weighted by Crippen LogP contribution is 2.21. The molecule has 8 heteroatoms. The molecule has 4 amide bonds. The molecule has 0 bridgehead atoms. The van der Waals surface area contributed by atoms with Crippen LogP contribution in [0.15, 0.2) is 24.3 Å². The Kier molecular flexibility index (Phi) is 8.08. The first-order valence-electron chi connectivity index (χ1n) is 10.5. The SMILES string of the molecule is CC(C)NC(=O)Nc1ccc(CNC(=O)C2CCCCN2C(=O)OC(C)(C)C)cc1. The minimum Gasteiger partial charge on any atom is -0.444 e. The molecule has 1 fully saturated rings. The summed E-state index contributed by atoms with van der Waals surface area (Å²) in [6, 6.07) is 6.54. The Bertz CT molecular complexity index is 740. The van der Waals surface area contributed by atoms with Crippen LogP contribution in [0.5, 0.6) is 0 Å². The lowest BCUT2D eigenvalue weighted by atomic mass is 10.0. The number of urea groups is 1. The minimum absolute atomic E-state index is 0.0551. The molecule has 1 aliphatic rings. The molecule has 1 atom stereocenters. The smallest absolute Gasteiger partial charge is 0.410 e. The molecule has 30 heavy (non-hydrogen) atoms. The molecule has 0 radical (unpaired) electrons. The molecule has 0 aliphatic carbocycles. The van der Waals surface area contributed by atoms with Gasteiger partial charge in [0.1, 0.15) is 11.6 Å². The van der Waals surface area contributed by atoms with Crippen LogP contribution in [0.2, 0.25) is 0 Å². The van der Waals surface area contributed by atoms with Gasteiger partial charge < -0.3 is 20.7 Å². The molecule has 166 valence electrons. The van der Waals surface area contributed by atoms with Crippen LogP contribution in [-0.2, 0) is 16.1 Å². The number of nitrogens with one attached hydrogen (secondary N) is 3. The second-order valence-electron chi connectivity index (χ2n) is 8.85. The molecule has 0 spiro atoms. The zero-order valence-corrected chi connectivity index (χ0v) is 18.6. The molecular formula is C22H34N4O4. The summed E-state index contributed by atoms with van der Waals surface area (Å²) in [6.07, 6.45) is 1.94. The fourth-order valence-electron chi connectivity index (χ4n) is 3.19. The number of hydrogen-bond donors (Lipinski definition) is 3. The third-order valence-electron chi connectivity index (χ3n) is 4.53. The first-order chi connectivity index (χ1) is 14.0. The Hall–Kier alpha value is -2.77. The van der Waals surface area contributed by atoms with E-state index in [1.807, 2.05) is 46.8 Å². The van der Waals surface area contributed by atoms with Gasteiger partial charge in [-0.2, -0.15) is 0 Å². The van der Waals surface area contributed by atoms with E-state index in [-0.39, 0.29) is 18.0 Å². The molecular weight excluding hydrogens is 384 g/mol. The highest BCUT2D eigenvalue weighted by Gasteiger charge is 2.34. The quantitative estimate of drug-likeness (QED) is 0.680. The van der Waals surface area contributed by atoms with Gasteiger partial charge in [-0.1, -0.05) is 12.1 Å². The first-order valence-corrected chi connectivity index (χ1v) is 10.5. The molecule has 1 saturated heterocycles. The number of amides is 4. The van der Waals surface area contributed by atoms with Crippen LogP contribution in [-0.4, -0.2) is 47.2 Å². The summed E-state index contributed by atoms with van der Waals surface area (Å²) < 4.78 is 5.46. The van der Waals surface area contributed by atoms with Crippen molar-refractivity contribution in [1.82, 2.24) is 15.5 Å². The molecule has 1 aromatic carbocycles. The molecule has 1 aliphatic heterocycles. The Morgan fingerprint density at radius 1 is 1.13 bits per heavy atom. The second-order valence-corrected chi connectivity index (χ2v) is 8.85. The third kappa shape index (κ3) is 7.57. The van der Waals surface area contributed by atoms with Crippen molar-refractivity contribution in [2.75, 3.05) is 11.9 Å². The van der Waals surface area contributed by atoms with E-state index in [2.05, 4.69) is 16.0 Å². The number of likely N-dealkylation sites (tertiary alicyclic amines) is 1. The Morgan fingerprint density at radius 3 is 2.40 bits per heavy atom. The fourth-order valence-corrected chi connectivity index (χ4v) is 3.19. The van der Waals surface area contributed by atoms with E-state index in [1.54, 1.807) is 12.1 Å². The van der Waals surface area contributed by atoms with Crippen LogP contribution in [0.25, 0.3) is 0 Å². The van der Waals surface area contributed by atoms with Gasteiger partial charge in [0.15, 0.2) is 0 Å². The molecule has 1 aromatic rings. The van der Waals surface area contributed by atoms with E-state index in [1.165, 1.54) is 4.90 Å². The van der Waals surface area contributed by atoms with Crippen LogP contribution in [0.1, 0.15) is 59.4 Å². The predicted molar refractivity (Wildman–Crippen MR) is 116 cm³/mol. The van der Waals surface area contributed by atoms with Crippen LogP contribution in [0.4, 0.5) is 15.3 Å². The monoisotopic (exact) mass is 418 g/mol. The van der Waals surface area contributed by atoms with Gasteiger partial charge >= 0.3 is 12.1 Å². The van der Waals surface area contributed by atoms with Crippen molar-refractivity contribution in [3.05, 3.63) is 29.8 Å². The lowest BCUT2D eigenvalue weighted by Crippen LogP contribution is -2.52. The number of anilines is 1. The maximum Gasteiger partial charge on any atom is 0.410 e. The first kappa shape index (κ1) is 23.5. The summed E-state index contributed by atoms with van der Waals surface area (Å²) in [5.41, 5.74) is 0.974. The van der Waals surface area contributed by atoms with Crippen molar-refractivity contribution in [3.63, 3.8) is 0 Å². The third-order valence-corrected chi connectivity index (χ3v) is 4.53. The molecule has 1 unspecified atom stereocenters. The van der Waals surface area contributed by atoms with Crippen molar-refractivity contribution >= 4 is 23.7 Å². The normalized spacial score (nSPS) is 16.7. The Balaban J connectivity index is 1.90. The molecule has 0 aromatic heterocycles. The number of ether oxygens (including phenoxy) is 1. The highest BCUT2D eigenvalue weighted by molar-refractivity contribution is 5.89. The Morgan fingerprint density at radius 2 is 1.80 bits per heavy atom. The van der Waals surface area contributed by atoms with E-state index in [4.69, 9.17) is 4.74 Å². The summed E-state index contributed by atoms with van der Waals surface area (Å²) in [6.45, 7) is 10.1. The summed E-state index contributed by atoms with van der Waals surface area (Å²) in [4.78, 5) is 38.5. The lowest BCUT2D eigenvalue weighted by molar-refractivity contribution is -0.127. The second kappa shape index (κ2) is 10.3. The van der Waals surface area contributed by atoms with Crippen molar-refractivity contribution < 1.29 is 19.1 Å². The van der Waals surface area contributed by atoms with Crippen molar-refractivity contribution in [3.8, 4) is 0 Å². The lowest BCUT2D eigenvalue weighted by Gasteiger charge is -2.35. The van der Waals surface area contributed by atoms with Gasteiger partial charge in [0.2, 0.25) is 5.91 Å². The van der Waals surface area contributed by atoms with Gasteiger partial charge in [0.05, 0.1) is 0 Å². The average molecular weight is 419 g/mol. The van der Waals surface area contributed by atoms with Gasteiger partial charge in [-0.05, 0) is 71.6 Å².